The highest BCUT2D eigenvalue weighted by molar-refractivity contribution is 7.91. The number of fused-ring (bicyclic) bond motifs is 3. The van der Waals surface area contributed by atoms with Gasteiger partial charge in [-0.2, -0.15) is 0 Å². The number of benzene rings is 2. The molecule has 0 bridgehead atoms. The number of rotatable bonds is 7. The summed E-state index contributed by atoms with van der Waals surface area (Å²) in [5, 5.41) is 0.569. The van der Waals surface area contributed by atoms with E-state index in [1.54, 1.807) is 32.9 Å². The molecule has 11 heteroatoms. The molecule has 4 atom stereocenters. The van der Waals surface area contributed by atoms with Crippen LogP contribution < -0.4 is 4.74 Å². The average Bonchev–Trinajstić information content (AvgIpc) is 3.37. The van der Waals surface area contributed by atoms with Crippen LogP contribution in [-0.2, 0) is 31.1 Å². The van der Waals surface area contributed by atoms with Crippen LogP contribution in [0.3, 0.4) is 0 Å². The number of likely N-dealkylation sites (tertiary alicyclic amines) is 1. The Morgan fingerprint density at radius 3 is 2.57 bits per heavy atom. The molecule has 0 unspecified atom stereocenters. The monoisotopic (exact) mass is 625 g/mol. The molecule has 0 radical (unpaired) electrons. The zero-order valence-corrected chi connectivity index (χ0v) is 25.8. The second-order valence-corrected chi connectivity index (χ2v) is 15.3. The summed E-state index contributed by atoms with van der Waals surface area (Å²) in [5.74, 6) is -2.01. The van der Waals surface area contributed by atoms with E-state index in [2.05, 4.69) is 0 Å². The van der Waals surface area contributed by atoms with Gasteiger partial charge in [-0.3, -0.25) is 0 Å². The topological polar surface area (TPSA) is 82.1 Å². The van der Waals surface area contributed by atoms with E-state index in [1.807, 2.05) is 12.1 Å². The van der Waals surface area contributed by atoms with E-state index in [9.17, 15) is 17.6 Å². The summed E-state index contributed by atoms with van der Waals surface area (Å²) in [6, 6.07) is 8.99. The highest BCUT2D eigenvalue weighted by Gasteiger charge is 2.53. The predicted molar refractivity (Wildman–Crippen MR) is 156 cm³/mol. The van der Waals surface area contributed by atoms with Crippen LogP contribution in [0.25, 0.3) is 0 Å². The van der Waals surface area contributed by atoms with E-state index in [1.165, 1.54) is 4.90 Å². The fourth-order valence-corrected chi connectivity index (χ4v) is 8.56. The van der Waals surface area contributed by atoms with Crippen molar-refractivity contribution in [1.82, 2.24) is 4.90 Å². The van der Waals surface area contributed by atoms with Crippen molar-refractivity contribution in [2.45, 2.75) is 76.0 Å². The van der Waals surface area contributed by atoms with Gasteiger partial charge in [0.15, 0.2) is 21.4 Å². The molecule has 0 N–H and O–H groups in total. The van der Waals surface area contributed by atoms with Crippen molar-refractivity contribution >= 4 is 27.5 Å². The molecule has 2 aromatic carbocycles. The number of nitrogens with zero attached hydrogens (tertiary/aromatic N) is 1. The molecule has 3 aliphatic rings. The van der Waals surface area contributed by atoms with Gasteiger partial charge in [-0.25, -0.2) is 22.0 Å². The zero-order chi connectivity index (χ0) is 30.3. The molecule has 0 aromatic heterocycles. The third-order valence-electron chi connectivity index (χ3n) is 8.60. The molecular weight excluding hydrogens is 588 g/mol. The van der Waals surface area contributed by atoms with Crippen molar-refractivity contribution in [2.24, 2.45) is 5.92 Å². The molecule has 3 aliphatic heterocycles. The molecule has 2 saturated heterocycles. The average molecular weight is 626 g/mol. The first-order chi connectivity index (χ1) is 19.8. The van der Waals surface area contributed by atoms with Crippen molar-refractivity contribution in [3.05, 3.63) is 64.2 Å². The van der Waals surface area contributed by atoms with Crippen LogP contribution in [0, 0.1) is 17.6 Å². The minimum Gasteiger partial charge on any atom is -0.490 e. The largest absolute Gasteiger partial charge is 0.490 e. The Hall–Kier alpha value is -2.43. The second-order valence-electron chi connectivity index (χ2n) is 12.6. The molecule has 230 valence electrons. The number of amides is 1. The van der Waals surface area contributed by atoms with Crippen molar-refractivity contribution in [3.8, 4) is 5.75 Å². The van der Waals surface area contributed by atoms with Gasteiger partial charge in [-0.05, 0) is 82.7 Å². The first kappa shape index (κ1) is 31.0. The molecule has 0 spiro atoms. The summed E-state index contributed by atoms with van der Waals surface area (Å²) in [4.78, 5) is 14.2. The summed E-state index contributed by atoms with van der Waals surface area (Å²) < 4.78 is 74.5. The summed E-state index contributed by atoms with van der Waals surface area (Å²) in [7, 11) is -3.59. The van der Waals surface area contributed by atoms with E-state index in [0.717, 1.165) is 17.7 Å². The van der Waals surface area contributed by atoms with E-state index in [4.69, 9.17) is 25.8 Å². The summed E-state index contributed by atoms with van der Waals surface area (Å²) in [6.07, 6.45) is 1.22. The van der Waals surface area contributed by atoms with Gasteiger partial charge < -0.3 is 19.1 Å². The minimum atomic E-state index is -3.59. The third-order valence-corrected chi connectivity index (χ3v) is 10.6. The van der Waals surface area contributed by atoms with Crippen LogP contribution in [0.5, 0.6) is 5.75 Å². The molecule has 2 aromatic rings. The highest BCUT2D eigenvalue weighted by atomic mass is 35.5. The van der Waals surface area contributed by atoms with Gasteiger partial charge >= 0.3 is 6.09 Å². The Labute approximate surface area is 251 Å². The molecule has 1 amide bonds. The first-order valence-corrected chi connectivity index (χ1v) is 16.7. The lowest BCUT2D eigenvalue weighted by Crippen LogP contribution is -2.55. The lowest BCUT2D eigenvalue weighted by molar-refractivity contribution is -0.0963. The maximum absolute atomic E-state index is 15.5. The number of carbonyl (C=O) groups excluding carboxylic acids is 1. The van der Waals surface area contributed by atoms with Gasteiger partial charge in [0.1, 0.15) is 11.4 Å². The van der Waals surface area contributed by atoms with Gasteiger partial charge in [0.05, 0.1) is 24.2 Å². The molecule has 0 saturated carbocycles. The van der Waals surface area contributed by atoms with Crippen molar-refractivity contribution in [1.29, 1.82) is 0 Å². The van der Waals surface area contributed by atoms with Gasteiger partial charge in [0, 0.05) is 41.1 Å². The smallest absolute Gasteiger partial charge is 0.410 e. The number of carbonyl (C=O) groups is 1. The quantitative estimate of drug-likeness (QED) is 0.370. The Balaban J connectivity index is 1.36. The van der Waals surface area contributed by atoms with Crippen LogP contribution in [0.4, 0.5) is 13.6 Å². The van der Waals surface area contributed by atoms with Crippen LogP contribution >= 0.6 is 11.6 Å². The van der Waals surface area contributed by atoms with Gasteiger partial charge in [-0.1, -0.05) is 23.7 Å². The molecule has 3 heterocycles. The van der Waals surface area contributed by atoms with E-state index in [-0.39, 0.29) is 42.5 Å². The maximum atomic E-state index is 15.5. The number of hydrogen-bond donors (Lipinski definition) is 0. The van der Waals surface area contributed by atoms with Crippen LogP contribution in [0.15, 0.2) is 36.4 Å². The standard InChI is InChI=1S/C31H38ClF2NO6S/c1-30(2,3)41-29(36)35-14-4-5-22(35)19-42(37,38)16-12-26-23-18-40-28-25(34)11-10-24(33)27(28)31(23,13-15-39-26)17-20-6-8-21(32)9-7-20/h6-11,22-23,26H,4-5,12-19H2,1-3H3/t22-,23+,26+,31+/m1/s1. The summed E-state index contributed by atoms with van der Waals surface area (Å²) >= 11 is 6.10. The number of hydrogen-bond acceptors (Lipinski definition) is 6. The maximum Gasteiger partial charge on any atom is 0.410 e. The Kier molecular flexibility index (Phi) is 8.80. The Bertz CT molecular complexity index is 1410. The Morgan fingerprint density at radius 2 is 1.86 bits per heavy atom. The number of halogens is 3. The molecule has 7 nitrogen and oxygen atoms in total. The van der Waals surface area contributed by atoms with Gasteiger partial charge in [0.2, 0.25) is 0 Å². The molecule has 42 heavy (non-hydrogen) atoms. The summed E-state index contributed by atoms with van der Waals surface area (Å²) in [6.45, 7) is 6.11. The lowest BCUT2D eigenvalue weighted by Gasteiger charge is -2.51. The third kappa shape index (κ3) is 6.55. The van der Waals surface area contributed by atoms with Gasteiger partial charge in [0.25, 0.3) is 0 Å². The number of ether oxygens (including phenoxy) is 3. The molecular formula is C31H38ClF2NO6S. The Morgan fingerprint density at radius 1 is 1.14 bits per heavy atom. The molecule has 2 fully saturated rings. The van der Waals surface area contributed by atoms with Crippen molar-refractivity contribution in [2.75, 3.05) is 31.3 Å². The normalized spacial score (nSPS) is 25.9. The predicted octanol–water partition coefficient (Wildman–Crippen LogP) is 6.10. The lowest BCUT2D eigenvalue weighted by atomic mass is 9.60. The fourth-order valence-electron chi connectivity index (χ4n) is 6.74. The molecule has 5 rings (SSSR count). The minimum absolute atomic E-state index is 0.0702. The number of sulfone groups is 1. The fraction of sp³-hybridized carbons (Fsp3) is 0.581. The van der Waals surface area contributed by atoms with Crippen molar-refractivity contribution in [3.63, 3.8) is 0 Å². The van der Waals surface area contributed by atoms with Crippen molar-refractivity contribution < 1.29 is 36.2 Å². The van der Waals surface area contributed by atoms with Crippen LogP contribution in [0.1, 0.15) is 57.6 Å². The summed E-state index contributed by atoms with van der Waals surface area (Å²) in [5.41, 5.74) is -0.455. The van der Waals surface area contributed by atoms with Crippen LogP contribution in [-0.4, -0.2) is 68.4 Å². The van der Waals surface area contributed by atoms with Gasteiger partial charge in [-0.15, -0.1) is 0 Å². The van der Waals surface area contributed by atoms with Crippen LogP contribution in [0.2, 0.25) is 5.02 Å². The van der Waals surface area contributed by atoms with E-state index < -0.39 is 56.6 Å². The highest BCUT2D eigenvalue weighted by Crippen LogP contribution is 2.52. The van der Waals surface area contributed by atoms with E-state index >= 15 is 4.39 Å². The molecule has 0 aliphatic carbocycles. The van der Waals surface area contributed by atoms with E-state index in [0.29, 0.717) is 37.3 Å². The first-order valence-electron chi connectivity index (χ1n) is 14.5. The SMILES string of the molecule is CC(C)(C)OC(=O)N1CCC[C@@H]1CS(=O)(=O)CC[C@@H]1OCC[C@@]2(Cc3ccc(Cl)cc3)c3c(F)ccc(F)c3OC[C@@H]12. The zero-order valence-electron chi connectivity index (χ0n) is 24.2. The second kappa shape index (κ2) is 11.9.